The molecule has 2 heterocycles. The van der Waals surface area contributed by atoms with Gasteiger partial charge in [-0.15, -0.1) is 0 Å². The Morgan fingerprint density at radius 2 is 2.06 bits per heavy atom. The molecule has 2 N–H and O–H groups in total. The molecule has 0 saturated heterocycles. The fraction of sp³-hybridized carbons (Fsp3) is 0.200. The summed E-state index contributed by atoms with van der Waals surface area (Å²) in [7, 11) is 0. The van der Waals surface area contributed by atoms with E-state index >= 15 is 0 Å². The SMILES string of the molecule is O=C(O)CCc1cnc(-c2cnc[nH]2)nc1. The minimum Gasteiger partial charge on any atom is -0.481 e. The van der Waals surface area contributed by atoms with Crippen LogP contribution in [0.25, 0.3) is 11.5 Å². The van der Waals surface area contributed by atoms with Crippen molar-refractivity contribution in [2.45, 2.75) is 12.8 Å². The molecule has 16 heavy (non-hydrogen) atoms. The minimum atomic E-state index is -0.822. The molecule has 0 aliphatic rings. The van der Waals surface area contributed by atoms with Gasteiger partial charge in [-0.25, -0.2) is 15.0 Å². The van der Waals surface area contributed by atoms with Crippen molar-refractivity contribution in [3.8, 4) is 11.5 Å². The number of aromatic amines is 1. The number of hydrogen-bond acceptors (Lipinski definition) is 4. The highest BCUT2D eigenvalue weighted by molar-refractivity contribution is 5.67. The number of rotatable bonds is 4. The summed E-state index contributed by atoms with van der Waals surface area (Å²) in [5.41, 5.74) is 1.55. The summed E-state index contributed by atoms with van der Waals surface area (Å²) in [6.45, 7) is 0. The first kappa shape index (κ1) is 10.3. The van der Waals surface area contributed by atoms with E-state index < -0.39 is 5.97 Å². The Kier molecular flexibility index (Phi) is 2.90. The van der Waals surface area contributed by atoms with Crippen LogP contribution in [0.5, 0.6) is 0 Å². The number of carboxylic acids is 1. The lowest BCUT2D eigenvalue weighted by molar-refractivity contribution is -0.136. The number of nitrogens with zero attached hydrogens (tertiary/aromatic N) is 3. The quantitative estimate of drug-likeness (QED) is 0.794. The summed E-state index contributed by atoms with van der Waals surface area (Å²) >= 11 is 0. The van der Waals surface area contributed by atoms with Crippen LogP contribution in [0.3, 0.4) is 0 Å². The molecule has 0 atom stereocenters. The van der Waals surface area contributed by atoms with Gasteiger partial charge in [-0.05, 0) is 12.0 Å². The van der Waals surface area contributed by atoms with Crippen LogP contribution in [0.2, 0.25) is 0 Å². The first-order valence-electron chi connectivity index (χ1n) is 4.77. The van der Waals surface area contributed by atoms with Crippen molar-refractivity contribution in [3.63, 3.8) is 0 Å². The highest BCUT2D eigenvalue weighted by Gasteiger charge is 2.03. The van der Waals surface area contributed by atoms with E-state index in [0.29, 0.717) is 12.2 Å². The molecule has 82 valence electrons. The van der Waals surface area contributed by atoms with Crippen LogP contribution in [0, 0.1) is 0 Å². The number of aliphatic carboxylic acids is 1. The first-order valence-corrected chi connectivity index (χ1v) is 4.77. The lowest BCUT2D eigenvalue weighted by atomic mass is 10.2. The van der Waals surface area contributed by atoms with Crippen molar-refractivity contribution in [2.75, 3.05) is 0 Å². The van der Waals surface area contributed by atoms with Crippen LogP contribution >= 0.6 is 0 Å². The Bertz CT molecular complexity index is 464. The van der Waals surface area contributed by atoms with Gasteiger partial charge < -0.3 is 10.1 Å². The lowest BCUT2D eigenvalue weighted by Gasteiger charge is -1.99. The van der Waals surface area contributed by atoms with Gasteiger partial charge in [0.05, 0.1) is 12.5 Å². The highest BCUT2D eigenvalue weighted by atomic mass is 16.4. The van der Waals surface area contributed by atoms with E-state index in [1.807, 2.05) is 0 Å². The highest BCUT2D eigenvalue weighted by Crippen LogP contribution is 2.09. The Morgan fingerprint density at radius 3 is 2.62 bits per heavy atom. The fourth-order valence-corrected chi connectivity index (χ4v) is 1.25. The number of aromatic nitrogens is 4. The van der Waals surface area contributed by atoms with E-state index in [-0.39, 0.29) is 6.42 Å². The third kappa shape index (κ3) is 2.41. The first-order chi connectivity index (χ1) is 7.75. The topological polar surface area (TPSA) is 91.8 Å². The van der Waals surface area contributed by atoms with Gasteiger partial charge in [0.15, 0.2) is 5.82 Å². The predicted molar refractivity (Wildman–Crippen MR) is 55.6 cm³/mol. The summed E-state index contributed by atoms with van der Waals surface area (Å²) in [4.78, 5) is 25.4. The van der Waals surface area contributed by atoms with Crippen molar-refractivity contribution in [1.82, 2.24) is 19.9 Å². The second-order valence-electron chi connectivity index (χ2n) is 3.27. The van der Waals surface area contributed by atoms with Crippen LogP contribution in [0.15, 0.2) is 24.9 Å². The number of imidazole rings is 1. The van der Waals surface area contributed by atoms with E-state index in [1.165, 1.54) is 0 Å². The van der Waals surface area contributed by atoms with Gasteiger partial charge in [0.2, 0.25) is 0 Å². The van der Waals surface area contributed by atoms with Crippen molar-refractivity contribution in [2.24, 2.45) is 0 Å². The molecule has 0 amide bonds. The number of carboxylic acid groups (broad SMARTS) is 1. The number of hydrogen-bond donors (Lipinski definition) is 2. The average molecular weight is 218 g/mol. The molecule has 0 spiro atoms. The van der Waals surface area contributed by atoms with E-state index in [4.69, 9.17) is 5.11 Å². The Labute approximate surface area is 91.4 Å². The van der Waals surface area contributed by atoms with Crippen molar-refractivity contribution in [3.05, 3.63) is 30.5 Å². The summed E-state index contributed by atoms with van der Waals surface area (Å²) in [6.07, 6.45) is 6.98. The van der Waals surface area contributed by atoms with Crippen molar-refractivity contribution in [1.29, 1.82) is 0 Å². The monoisotopic (exact) mass is 218 g/mol. The van der Waals surface area contributed by atoms with Crippen LogP contribution < -0.4 is 0 Å². The average Bonchev–Trinajstić information content (AvgIpc) is 2.80. The van der Waals surface area contributed by atoms with E-state index in [2.05, 4.69) is 19.9 Å². The number of carbonyl (C=O) groups is 1. The maximum absolute atomic E-state index is 10.4. The standard InChI is InChI=1S/C10H10N4O2/c15-9(16)2-1-7-3-12-10(13-4-7)8-5-11-6-14-8/h3-6H,1-2H2,(H,11,14)(H,15,16). The molecule has 0 bridgehead atoms. The molecule has 0 saturated carbocycles. The third-order valence-electron chi connectivity index (χ3n) is 2.07. The minimum absolute atomic E-state index is 0.0900. The molecular weight excluding hydrogens is 208 g/mol. The molecule has 0 aliphatic heterocycles. The molecule has 0 unspecified atom stereocenters. The second kappa shape index (κ2) is 4.52. The molecule has 6 nitrogen and oxygen atoms in total. The Morgan fingerprint density at radius 1 is 1.31 bits per heavy atom. The Balaban J connectivity index is 2.08. The smallest absolute Gasteiger partial charge is 0.303 e. The molecule has 2 aromatic rings. The fourth-order valence-electron chi connectivity index (χ4n) is 1.25. The summed E-state index contributed by atoms with van der Waals surface area (Å²) in [6, 6.07) is 0. The summed E-state index contributed by atoms with van der Waals surface area (Å²) in [5, 5.41) is 8.53. The van der Waals surface area contributed by atoms with Gasteiger partial charge in [-0.1, -0.05) is 0 Å². The molecular formula is C10H10N4O2. The molecule has 0 radical (unpaired) electrons. The van der Waals surface area contributed by atoms with Gasteiger partial charge in [-0.3, -0.25) is 4.79 Å². The van der Waals surface area contributed by atoms with Crippen LogP contribution in [-0.4, -0.2) is 31.0 Å². The maximum atomic E-state index is 10.4. The van der Waals surface area contributed by atoms with Crippen molar-refractivity contribution < 1.29 is 9.90 Å². The zero-order valence-corrected chi connectivity index (χ0v) is 8.42. The van der Waals surface area contributed by atoms with Crippen LogP contribution in [0.4, 0.5) is 0 Å². The van der Waals surface area contributed by atoms with Gasteiger partial charge in [0.25, 0.3) is 0 Å². The lowest BCUT2D eigenvalue weighted by Crippen LogP contribution is -1.99. The molecule has 6 heteroatoms. The predicted octanol–water partition coefficient (Wildman–Crippen LogP) is 0.884. The molecule has 2 aromatic heterocycles. The normalized spacial score (nSPS) is 10.2. The van der Waals surface area contributed by atoms with Crippen LogP contribution in [-0.2, 0) is 11.2 Å². The van der Waals surface area contributed by atoms with Crippen molar-refractivity contribution >= 4 is 5.97 Å². The van der Waals surface area contributed by atoms with Gasteiger partial charge in [-0.2, -0.15) is 0 Å². The molecule has 0 aliphatic carbocycles. The van der Waals surface area contributed by atoms with E-state index in [9.17, 15) is 4.79 Å². The number of nitrogens with one attached hydrogen (secondary N) is 1. The summed E-state index contributed by atoms with van der Waals surface area (Å²) < 4.78 is 0. The van der Waals surface area contributed by atoms with Gasteiger partial charge in [0.1, 0.15) is 5.69 Å². The Hall–Kier alpha value is -2.24. The van der Waals surface area contributed by atoms with Gasteiger partial charge in [0, 0.05) is 18.8 Å². The third-order valence-corrected chi connectivity index (χ3v) is 2.07. The zero-order valence-electron chi connectivity index (χ0n) is 8.42. The van der Waals surface area contributed by atoms with E-state index in [0.717, 1.165) is 11.3 Å². The second-order valence-corrected chi connectivity index (χ2v) is 3.27. The summed E-state index contributed by atoms with van der Waals surface area (Å²) in [5.74, 6) is -0.269. The zero-order chi connectivity index (χ0) is 11.4. The molecule has 0 fully saturated rings. The van der Waals surface area contributed by atoms with E-state index in [1.54, 1.807) is 24.9 Å². The maximum Gasteiger partial charge on any atom is 0.303 e. The van der Waals surface area contributed by atoms with Crippen LogP contribution in [0.1, 0.15) is 12.0 Å². The number of aryl methyl sites for hydroxylation is 1. The number of H-pyrrole nitrogens is 1. The largest absolute Gasteiger partial charge is 0.481 e. The van der Waals surface area contributed by atoms with Gasteiger partial charge >= 0.3 is 5.97 Å². The molecule has 2 rings (SSSR count). The molecule has 0 aromatic carbocycles.